The van der Waals surface area contributed by atoms with Crippen molar-refractivity contribution in [2.45, 2.75) is 12.4 Å². The number of hydrogen-bond donors (Lipinski definition) is 1. The minimum Gasteiger partial charge on any atom is -0.469 e. The Morgan fingerprint density at radius 3 is 2.62 bits per heavy atom. The fourth-order valence-electron chi connectivity index (χ4n) is 0.346. The molecule has 0 heterocycles. The summed E-state index contributed by atoms with van der Waals surface area (Å²) in [5, 5.41) is 0. The molecule has 0 amide bonds. The molecule has 0 aromatic rings. The van der Waals surface area contributed by atoms with E-state index in [1.165, 1.54) is 7.11 Å². The standard InChI is InChI=1S/C4H10BNO2/c1-8-4(7)2-3(5)6/h3H,2,5-6H2,1H3. The molecule has 4 heteroatoms. The molecule has 2 N–H and O–H groups in total. The van der Waals surface area contributed by atoms with Crippen LogP contribution >= 0.6 is 0 Å². The van der Waals surface area contributed by atoms with Crippen LogP contribution in [-0.4, -0.2) is 26.9 Å². The van der Waals surface area contributed by atoms with Crippen molar-refractivity contribution >= 4 is 13.8 Å². The maximum atomic E-state index is 10.3. The van der Waals surface area contributed by atoms with E-state index < -0.39 is 0 Å². The van der Waals surface area contributed by atoms with Crippen LogP contribution < -0.4 is 5.73 Å². The van der Waals surface area contributed by atoms with Crippen molar-refractivity contribution in [3.05, 3.63) is 0 Å². The van der Waals surface area contributed by atoms with Gasteiger partial charge in [-0.3, -0.25) is 4.79 Å². The lowest BCUT2D eigenvalue weighted by atomic mass is 9.95. The second-order valence-corrected chi connectivity index (χ2v) is 1.76. The fourth-order valence-corrected chi connectivity index (χ4v) is 0.346. The van der Waals surface area contributed by atoms with E-state index in [1.807, 2.05) is 0 Å². The lowest BCUT2D eigenvalue weighted by molar-refractivity contribution is -0.140. The van der Waals surface area contributed by atoms with Gasteiger partial charge in [-0.15, -0.1) is 0 Å². The maximum absolute atomic E-state index is 10.3. The molecule has 3 nitrogen and oxygen atoms in total. The highest BCUT2D eigenvalue weighted by molar-refractivity contribution is 6.12. The summed E-state index contributed by atoms with van der Waals surface area (Å²) in [6, 6.07) is 0. The van der Waals surface area contributed by atoms with Crippen molar-refractivity contribution < 1.29 is 9.53 Å². The SMILES string of the molecule is BC(N)CC(=O)OC. The van der Waals surface area contributed by atoms with Crippen LogP contribution in [0.25, 0.3) is 0 Å². The molecular weight excluding hydrogens is 105 g/mol. The van der Waals surface area contributed by atoms with Crippen LogP contribution in [0.5, 0.6) is 0 Å². The highest BCUT2D eigenvalue weighted by atomic mass is 16.5. The van der Waals surface area contributed by atoms with Gasteiger partial charge in [0.2, 0.25) is 0 Å². The van der Waals surface area contributed by atoms with Crippen LogP contribution in [0.3, 0.4) is 0 Å². The number of nitrogens with two attached hydrogens (primary N) is 1. The van der Waals surface area contributed by atoms with Crippen molar-refractivity contribution in [1.82, 2.24) is 0 Å². The van der Waals surface area contributed by atoms with E-state index in [-0.39, 0.29) is 11.9 Å². The monoisotopic (exact) mass is 115 g/mol. The third kappa shape index (κ3) is 3.68. The molecule has 0 saturated heterocycles. The lowest BCUT2D eigenvalue weighted by Gasteiger charge is -1.99. The van der Waals surface area contributed by atoms with Crippen LogP contribution in [0.4, 0.5) is 0 Å². The molecule has 0 aliphatic carbocycles. The van der Waals surface area contributed by atoms with Crippen molar-refractivity contribution in [3.63, 3.8) is 0 Å². The van der Waals surface area contributed by atoms with Gasteiger partial charge in [-0.05, 0) is 5.94 Å². The topological polar surface area (TPSA) is 52.3 Å². The van der Waals surface area contributed by atoms with E-state index in [0.717, 1.165) is 0 Å². The highest BCUT2D eigenvalue weighted by Gasteiger charge is 2.01. The molecule has 8 heavy (non-hydrogen) atoms. The Balaban J connectivity index is 3.25. The van der Waals surface area contributed by atoms with Crippen LogP contribution in [0.15, 0.2) is 0 Å². The van der Waals surface area contributed by atoms with Gasteiger partial charge >= 0.3 is 5.97 Å². The molecule has 0 aromatic heterocycles. The van der Waals surface area contributed by atoms with E-state index in [2.05, 4.69) is 4.74 Å². The lowest BCUT2D eigenvalue weighted by Crippen LogP contribution is -2.24. The van der Waals surface area contributed by atoms with Gasteiger partial charge < -0.3 is 10.5 Å². The first kappa shape index (κ1) is 7.49. The number of rotatable bonds is 2. The minimum atomic E-state index is -0.250. The summed E-state index contributed by atoms with van der Waals surface area (Å²) >= 11 is 0. The summed E-state index contributed by atoms with van der Waals surface area (Å²) in [7, 11) is 3.11. The first-order chi connectivity index (χ1) is 3.66. The average Bonchev–Trinajstić information content (AvgIpc) is 1.65. The van der Waals surface area contributed by atoms with Gasteiger partial charge in [0.25, 0.3) is 0 Å². The Hall–Kier alpha value is -0.505. The molecule has 0 fully saturated rings. The van der Waals surface area contributed by atoms with E-state index in [0.29, 0.717) is 6.42 Å². The normalized spacial score (nSPS) is 12.8. The second-order valence-electron chi connectivity index (χ2n) is 1.76. The zero-order chi connectivity index (χ0) is 6.57. The maximum Gasteiger partial charge on any atom is 0.306 e. The van der Waals surface area contributed by atoms with E-state index in [4.69, 9.17) is 5.73 Å². The molecule has 0 aromatic carbocycles. The van der Waals surface area contributed by atoms with Crippen LogP contribution in [0, 0.1) is 0 Å². The number of carbonyl (C=O) groups is 1. The molecule has 0 aliphatic rings. The van der Waals surface area contributed by atoms with E-state index in [9.17, 15) is 4.79 Å². The largest absolute Gasteiger partial charge is 0.469 e. The summed E-state index contributed by atoms with van der Waals surface area (Å²) < 4.78 is 4.34. The molecular formula is C4H10BNO2. The molecule has 0 spiro atoms. The van der Waals surface area contributed by atoms with Crippen molar-refractivity contribution in [2.24, 2.45) is 5.73 Å². The predicted octanol–water partition coefficient (Wildman–Crippen LogP) is -1.53. The Morgan fingerprint density at radius 2 is 2.50 bits per heavy atom. The number of methoxy groups -OCH3 is 1. The molecule has 0 aliphatic heterocycles. The third-order valence-corrected chi connectivity index (χ3v) is 0.716. The van der Waals surface area contributed by atoms with Gasteiger partial charge in [-0.25, -0.2) is 0 Å². The molecule has 0 radical (unpaired) electrons. The molecule has 0 saturated carbocycles. The van der Waals surface area contributed by atoms with Crippen LogP contribution in [-0.2, 0) is 9.53 Å². The first-order valence-electron chi connectivity index (χ1n) is 2.49. The summed E-state index contributed by atoms with van der Waals surface area (Å²) in [5.41, 5.74) is 5.27. The van der Waals surface area contributed by atoms with Gasteiger partial charge in [0.1, 0.15) is 7.85 Å². The highest BCUT2D eigenvalue weighted by Crippen LogP contribution is 1.83. The van der Waals surface area contributed by atoms with Gasteiger partial charge in [-0.2, -0.15) is 0 Å². The van der Waals surface area contributed by atoms with Crippen molar-refractivity contribution in [1.29, 1.82) is 0 Å². The molecule has 1 unspecified atom stereocenters. The molecule has 0 rings (SSSR count). The van der Waals surface area contributed by atoms with Gasteiger partial charge in [0.15, 0.2) is 0 Å². The van der Waals surface area contributed by atoms with Gasteiger partial charge in [-0.1, -0.05) is 0 Å². The van der Waals surface area contributed by atoms with Gasteiger partial charge in [0.05, 0.1) is 13.5 Å². The Labute approximate surface area is 49.6 Å². The van der Waals surface area contributed by atoms with E-state index in [1.54, 1.807) is 7.85 Å². The third-order valence-electron chi connectivity index (χ3n) is 0.716. The second kappa shape index (κ2) is 3.49. The molecule has 46 valence electrons. The van der Waals surface area contributed by atoms with E-state index >= 15 is 0 Å². The first-order valence-corrected chi connectivity index (χ1v) is 2.49. The zero-order valence-electron chi connectivity index (χ0n) is 5.18. The summed E-state index contributed by atoms with van der Waals surface area (Å²) in [5.74, 6) is -0.345. The van der Waals surface area contributed by atoms with Crippen molar-refractivity contribution in [3.8, 4) is 0 Å². The minimum absolute atomic E-state index is 0.0950. The summed E-state index contributed by atoms with van der Waals surface area (Å²) in [6.45, 7) is 0. The number of carbonyl (C=O) groups excluding carboxylic acids is 1. The molecule has 1 atom stereocenters. The molecule has 0 bridgehead atoms. The Kier molecular flexibility index (Phi) is 3.27. The summed E-state index contributed by atoms with van der Waals surface area (Å²) in [6.07, 6.45) is 0.302. The predicted molar refractivity (Wildman–Crippen MR) is 33.2 cm³/mol. The van der Waals surface area contributed by atoms with Crippen LogP contribution in [0.1, 0.15) is 6.42 Å². The number of esters is 1. The fraction of sp³-hybridized carbons (Fsp3) is 0.750. The quantitative estimate of drug-likeness (QED) is 0.350. The number of hydrogen-bond acceptors (Lipinski definition) is 3. The zero-order valence-corrected chi connectivity index (χ0v) is 5.18. The number of ether oxygens (including phenoxy) is 1. The Morgan fingerprint density at radius 1 is 2.00 bits per heavy atom. The van der Waals surface area contributed by atoms with Crippen LogP contribution in [0.2, 0.25) is 0 Å². The smallest absolute Gasteiger partial charge is 0.306 e. The van der Waals surface area contributed by atoms with Gasteiger partial charge in [0, 0.05) is 0 Å². The average molecular weight is 115 g/mol. The Bertz CT molecular complexity index is 84.1. The van der Waals surface area contributed by atoms with Crippen molar-refractivity contribution in [2.75, 3.05) is 7.11 Å². The summed E-state index contributed by atoms with van der Waals surface area (Å²) in [4.78, 5) is 10.3.